The van der Waals surface area contributed by atoms with E-state index in [1.54, 1.807) is 24.0 Å². The summed E-state index contributed by atoms with van der Waals surface area (Å²) in [7, 11) is 0. The number of carbonyl (C=O) groups excluding carboxylic acids is 1. The lowest BCUT2D eigenvalue weighted by atomic mass is 10.1. The van der Waals surface area contributed by atoms with Gasteiger partial charge in [-0.3, -0.25) is 4.79 Å². The minimum atomic E-state index is -0.523. The van der Waals surface area contributed by atoms with Crippen LogP contribution in [0.15, 0.2) is 24.3 Å². The van der Waals surface area contributed by atoms with Crippen molar-refractivity contribution in [3.8, 4) is 5.75 Å². The quantitative estimate of drug-likeness (QED) is 0.898. The van der Waals surface area contributed by atoms with Gasteiger partial charge in [0.15, 0.2) is 6.10 Å². The number of benzene rings is 1. The normalized spacial score (nSPS) is 18.1. The first-order valence-electron chi connectivity index (χ1n) is 7.43. The molecule has 1 saturated heterocycles. The maximum absolute atomic E-state index is 12.2. The summed E-state index contributed by atoms with van der Waals surface area (Å²) in [4.78, 5) is 14.0. The molecule has 0 spiro atoms. The van der Waals surface area contributed by atoms with Crippen LogP contribution in [0.3, 0.4) is 0 Å². The Hall–Kier alpha value is -1.59. The minimum absolute atomic E-state index is 0.0176. The highest BCUT2D eigenvalue weighted by Gasteiger charge is 2.23. The van der Waals surface area contributed by atoms with Crippen molar-refractivity contribution in [1.82, 2.24) is 4.90 Å². The van der Waals surface area contributed by atoms with Crippen molar-refractivity contribution in [3.05, 3.63) is 29.8 Å². The molecule has 116 valence electrons. The molecule has 0 aromatic heterocycles. The van der Waals surface area contributed by atoms with Crippen LogP contribution in [-0.2, 0) is 9.53 Å². The molecule has 0 saturated carbocycles. The number of hydrogen-bond acceptors (Lipinski definition) is 4. The fourth-order valence-corrected chi connectivity index (χ4v) is 2.30. The van der Waals surface area contributed by atoms with E-state index in [0.29, 0.717) is 38.5 Å². The van der Waals surface area contributed by atoms with Crippen molar-refractivity contribution < 1.29 is 19.4 Å². The smallest absolute Gasteiger partial charge is 0.263 e. The number of aliphatic hydroxyl groups is 1. The number of aliphatic hydroxyl groups excluding tert-OH is 1. The third-order valence-corrected chi connectivity index (χ3v) is 3.63. The largest absolute Gasteiger partial charge is 0.481 e. The molecule has 1 N–H and O–H groups in total. The van der Waals surface area contributed by atoms with Crippen LogP contribution in [0.25, 0.3) is 0 Å². The molecule has 1 unspecified atom stereocenters. The van der Waals surface area contributed by atoms with Crippen molar-refractivity contribution in [2.45, 2.75) is 32.5 Å². The first-order chi connectivity index (χ1) is 10.1. The molecule has 21 heavy (non-hydrogen) atoms. The fraction of sp³-hybridized carbons (Fsp3) is 0.562. The van der Waals surface area contributed by atoms with Gasteiger partial charge in [0, 0.05) is 13.1 Å². The van der Waals surface area contributed by atoms with Gasteiger partial charge in [-0.05, 0) is 31.0 Å². The van der Waals surface area contributed by atoms with Crippen LogP contribution >= 0.6 is 0 Å². The van der Waals surface area contributed by atoms with Gasteiger partial charge in [-0.25, -0.2) is 0 Å². The number of nitrogens with zero attached hydrogens (tertiary/aromatic N) is 1. The fourth-order valence-electron chi connectivity index (χ4n) is 2.30. The molecule has 5 nitrogen and oxygen atoms in total. The Morgan fingerprint density at radius 2 is 1.95 bits per heavy atom. The third-order valence-electron chi connectivity index (χ3n) is 3.63. The number of carbonyl (C=O) groups is 1. The summed E-state index contributed by atoms with van der Waals surface area (Å²) in [6.07, 6.45) is -0.303. The first-order valence-corrected chi connectivity index (χ1v) is 7.43. The Morgan fingerprint density at radius 1 is 1.33 bits per heavy atom. The Balaban J connectivity index is 1.92. The van der Waals surface area contributed by atoms with Gasteiger partial charge in [0.25, 0.3) is 5.91 Å². The molecule has 0 bridgehead atoms. The van der Waals surface area contributed by atoms with E-state index in [1.165, 1.54) is 0 Å². The van der Waals surface area contributed by atoms with E-state index in [4.69, 9.17) is 9.47 Å². The number of amides is 1. The molecule has 2 atom stereocenters. The van der Waals surface area contributed by atoms with Gasteiger partial charge in [0.05, 0.1) is 19.3 Å². The van der Waals surface area contributed by atoms with Crippen LogP contribution in [0.4, 0.5) is 0 Å². The van der Waals surface area contributed by atoms with Gasteiger partial charge < -0.3 is 19.5 Å². The second kappa shape index (κ2) is 7.43. The third kappa shape index (κ3) is 4.19. The van der Waals surface area contributed by atoms with E-state index in [0.717, 1.165) is 5.56 Å². The highest BCUT2D eigenvalue weighted by molar-refractivity contribution is 5.81. The number of morpholine rings is 1. The average molecular weight is 293 g/mol. The van der Waals surface area contributed by atoms with E-state index in [1.807, 2.05) is 19.1 Å². The summed E-state index contributed by atoms with van der Waals surface area (Å²) < 4.78 is 10.9. The molecule has 1 heterocycles. The van der Waals surface area contributed by atoms with Gasteiger partial charge >= 0.3 is 0 Å². The SMILES string of the molecule is CC[C@@H](O)c1ccc(OC(C)C(=O)N2CCOCC2)cc1. The Morgan fingerprint density at radius 3 is 2.52 bits per heavy atom. The van der Waals surface area contributed by atoms with Gasteiger partial charge in [-0.15, -0.1) is 0 Å². The lowest BCUT2D eigenvalue weighted by Gasteiger charge is -2.29. The summed E-state index contributed by atoms with van der Waals surface area (Å²) in [6, 6.07) is 7.24. The molecule has 1 amide bonds. The summed E-state index contributed by atoms with van der Waals surface area (Å²) in [5, 5.41) is 9.75. The van der Waals surface area contributed by atoms with Crippen LogP contribution in [0, 0.1) is 0 Å². The van der Waals surface area contributed by atoms with Gasteiger partial charge in [0.1, 0.15) is 5.75 Å². The van der Waals surface area contributed by atoms with Crippen molar-refractivity contribution in [1.29, 1.82) is 0 Å². The van der Waals surface area contributed by atoms with Gasteiger partial charge in [-0.1, -0.05) is 19.1 Å². The lowest BCUT2D eigenvalue weighted by molar-refractivity contribution is -0.142. The topological polar surface area (TPSA) is 59.0 Å². The van der Waals surface area contributed by atoms with Gasteiger partial charge in [-0.2, -0.15) is 0 Å². The molecule has 0 radical (unpaired) electrons. The zero-order valence-electron chi connectivity index (χ0n) is 12.6. The molecule has 0 aliphatic carbocycles. The van der Waals surface area contributed by atoms with Crippen LogP contribution in [-0.4, -0.2) is 48.3 Å². The Labute approximate surface area is 125 Å². The van der Waals surface area contributed by atoms with E-state index in [-0.39, 0.29) is 5.91 Å². The van der Waals surface area contributed by atoms with Crippen LogP contribution in [0.5, 0.6) is 5.75 Å². The predicted octanol–water partition coefficient (Wildman–Crippen LogP) is 1.76. The van der Waals surface area contributed by atoms with E-state index in [2.05, 4.69) is 0 Å². The second-order valence-electron chi connectivity index (χ2n) is 5.19. The average Bonchev–Trinajstić information content (AvgIpc) is 2.55. The van der Waals surface area contributed by atoms with Gasteiger partial charge in [0.2, 0.25) is 0 Å². The van der Waals surface area contributed by atoms with E-state index in [9.17, 15) is 9.90 Å². The maximum Gasteiger partial charge on any atom is 0.263 e. The summed E-state index contributed by atoms with van der Waals surface area (Å²) in [6.45, 7) is 6.09. The highest BCUT2D eigenvalue weighted by Crippen LogP contribution is 2.20. The molecule has 5 heteroatoms. The summed E-state index contributed by atoms with van der Waals surface area (Å²) in [5.74, 6) is 0.618. The molecule has 1 aliphatic rings. The van der Waals surface area contributed by atoms with Crippen molar-refractivity contribution >= 4 is 5.91 Å². The Kier molecular flexibility index (Phi) is 5.59. The minimum Gasteiger partial charge on any atom is -0.481 e. The standard InChI is InChI=1S/C16H23NO4/c1-3-15(18)13-4-6-14(7-5-13)21-12(2)16(19)17-8-10-20-11-9-17/h4-7,12,15,18H,3,8-11H2,1-2H3/t12?,15-/m1/s1. The van der Waals surface area contributed by atoms with Crippen molar-refractivity contribution in [2.75, 3.05) is 26.3 Å². The highest BCUT2D eigenvalue weighted by atomic mass is 16.5. The van der Waals surface area contributed by atoms with Crippen LogP contribution in [0.2, 0.25) is 0 Å². The van der Waals surface area contributed by atoms with Crippen molar-refractivity contribution in [2.24, 2.45) is 0 Å². The summed E-state index contributed by atoms with van der Waals surface area (Å²) >= 11 is 0. The molecular weight excluding hydrogens is 270 g/mol. The molecular formula is C16H23NO4. The van der Waals surface area contributed by atoms with E-state index < -0.39 is 12.2 Å². The number of rotatable bonds is 5. The van der Waals surface area contributed by atoms with Crippen molar-refractivity contribution in [3.63, 3.8) is 0 Å². The maximum atomic E-state index is 12.2. The molecule has 1 aromatic carbocycles. The molecule has 2 rings (SSSR count). The molecule has 1 fully saturated rings. The molecule has 1 aliphatic heterocycles. The zero-order chi connectivity index (χ0) is 15.2. The van der Waals surface area contributed by atoms with Crippen LogP contribution in [0.1, 0.15) is 31.9 Å². The number of ether oxygens (including phenoxy) is 2. The number of hydrogen-bond donors (Lipinski definition) is 1. The summed E-state index contributed by atoms with van der Waals surface area (Å²) in [5.41, 5.74) is 0.858. The zero-order valence-corrected chi connectivity index (χ0v) is 12.6. The predicted molar refractivity (Wildman–Crippen MR) is 79.2 cm³/mol. The van der Waals surface area contributed by atoms with E-state index >= 15 is 0 Å². The second-order valence-corrected chi connectivity index (χ2v) is 5.19. The van der Waals surface area contributed by atoms with Crippen LogP contribution < -0.4 is 4.74 Å². The first kappa shape index (κ1) is 15.8. The monoisotopic (exact) mass is 293 g/mol. The molecule has 1 aromatic rings. The lowest BCUT2D eigenvalue weighted by Crippen LogP contribution is -2.46. The Bertz CT molecular complexity index is 454.